The van der Waals surface area contributed by atoms with Gasteiger partial charge in [0.15, 0.2) is 5.13 Å². The summed E-state index contributed by atoms with van der Waals surface area (Å²) in [5, 5.41) is 17.9. The minimum atomic E-state index is -0.418. The van der Waals surface area contributed by atoms with Crippen molar-refractivity contribution in [3.8, 4) is 0 Å². The van der Waals surface area contributed by atoms with Crippen molar-refractivity contribution < 1.29 is 9.72 Å². The fraction of sp³-hybridized carbons (Fsp3) is 0.316. The second kappa shape index (κ2) is 7.51. The van der Waals surface area contributed by atoms with E-state index < -0.39 is 4.92 Å². The van der Waals surface area contributed by atoms with E-state index in [1.807, 2.05) is 37.4 Å². The highest BCUT2D eigenvalue weighted by Crippen LogP contribution is 2.33. The van der Waals surface area contributed by atoms with Crippen molar-refractivity contribution in [1.29, 1.82) is 0 Å². The number of rotatable bonds is 5. The Morgan fingerprint density at radius 1 is 1.29 bits per heavy atom. The van der Waals surface area contributed by atoms with E-state index in [0.29, 0.717) is 28.8 Å². The van der Waals surface area contributed by atoms with Crippen molar-refractivity contribution in [2.24, 2.45) is 0 Å². The van der Waals surface area contributed by atoms with Crippen molar-refractivity contribution in [2.75, 3.05) is 4.90 Å². The second-order valence-electron chi connectivity index (χ2n) is 6.63. The van der Waals surface area contributed by atoms with Gasteiger partial charge in [0.25, 0.3) is 0 Å². The monoisotopic (exact) mass is 399 g/mol. The molecule has 0 aliphatic carbocycles. The Balaban J connectivity index is 1.95. The largest absolute Gasteiger partial charge is 0.312 e. The molecule has 0 saturated carbocycles. The molecular formula is C19H21N5O3S. The lowest BCUT2D eigenvalue weighted by molar-refractivity contribution is -0.386. The Morgan fingerprint density at radius 2 is 2.00 bits per heavy atom. The van der Waals surface area contributed by atoms with Crippen LogP contribution in [-0.4, -0.2) is 25.6 Å². The summed E-state index contributed by atoms with van der Waals surface area (Å²) < 4.78 is 1.57. The lowest BCUT2D eigenvalue weighted by atomic mass is 10.1. The van der Waals surface area contributed by atoms with Crippen LogP contribution in [-0.2, 0) is 11.3 Å². The van der Waals surface area contributed by atoms with E-state index in [1.165, 1.54) is 18.3 Å². The molecule has 146 valence electrons. The van der Waals surface area contributed by atoms with E-state index in [0.717, 1.165) is 16.8 Å². The van der Waals surface area contributed by atoms with Gasteiger partial charge >= 0.3 is 5.69 Å². The molecule has 0 atom stereocenters. The highest BCUT2D eigenvalue weighted by atomic mass is 32.1. The van der Waals surface area contributed by atoms with E-state index in [1.54, 1.807) is 23.4 Å². The number of amides is 1. The molecule has 0 N–H and O–H groups in total. The quantitative estimate of drug-likeness (QED) is 0.473. The third kappa shape index (κ3) is 3.53. The Hall–Kier alpha value is -3.07. The van der Waals surface area contributed by atoms with E-state index in [2.05, 4.69) is 10.1 Å². The highest BCUT2D eigenvalue weighted by Gasteiger charge is 2.23. The number of carbonyl (C=O) groups is 1. The summed E-state index contributed by atoms with van der Waals surface area (Å²) in [6, 6.07) is 5.81. The topological polar surface area (TPSA) is 94.2 Å². The van der Waals surface area contributed by atoms with E-state index in [-0.39, 0.29) is 11.6 Å². The predicted octanol–water partition coefficient (Wildman–Crippen LogP) is 4.21. The van der Waals surface area contributed by atoms with Crippen LogP contribution in [0.4, 0.5) is 16.5 Å². The lowest BCUT2D eigenvalue weighted by Gasteiger charge is -2.21. The van der Waals surface area contributed by atoms with Crippen LogP contribution in [0.15, 0.2) is 23.6 Å². The van der Waals surface area contributed by atoms with Crippen LogP contribution < -0.4 is 4.90 Å². The van der Waals surface area contributed by atoms with Crippen LogP contribution in [0.25, 0.3) is 0 Å². The molecule has 0 aliphatic heterocycles. The van der Waals surface area contributed by atoms with Crippen molar-refractivity contribution in [1.82, 2.24) is 14.8 Å². The third-order valence-electron chi connectivity index (χ3n) is 4.70. The smallest absolute Gasteiger partial charge is 0.274 e. The maximum atomic E-state index is 12.4. The molecule has 0 spiro atoms. The van der Waals surface area contributed by atoms with E-state index >= 15 is 0 Å². The summed E-state index contributed by atoms with van der Waals surface area (Å²) in [6.45, 7) is 9.07. The molecular weight excluding hydrogens is 378 g/mol. The number of nitro groups is 1. The normalized spacial score (nSPS) is 10.9. The first-order valence-corrected chi connectivity index (χ1v) is 9.58. The maximum Gasteiger partial charge on any atom is 0.312 e. The van der Waals surface area contributed by atoms with Crippen LogP contribution in [0, 0.1) is 37.8 Å². The van der Waals surface area contributed by atoms with E-state index in [4.69, 9.17) is 0 Å². The molecule has 0 fully saturated rings. The first-order valence-electron chi connectivity index (χ1n) is 8.70. The van der Waals surface area contributed by atoms with Crippen LogP contribution >= 0.6 is 11.3 Å². The minimum Gasteiger partial charge on any atom is -0.274 e. The lowest BCUT2D eigenvalue weighted by Crippen LogP contribution is -2.23. The van der Waals surface area contributed by atoms with Crippen LogP contribution in [0.3, 0.4) is 0 Å². The molecule has 9 heteroatoms. The molecule has 2 aromatic heterocycles. The maximum absolute atomic E-state index is 12.4. The minimum absolute atomic E-state index is 0.0243. The third-order valence-corrected chi connectivity index (χ3v) is 5.57. The fourth-order valence-corrected chi connectivity index (χ4v) is 3.99. The summed E-state index contributed by atoms with van der Waals surface area (Å²) in [4.78, 5) is 29.3. The first kappa shape index (κ1) is 19.7. The number of hydrogen-bond acceptors (Lipinski definition) is 6. The molecule has 0 unspecified atom stereocenters. The summed E-state index contributed by atoms with van der Waals surface area (Å²) in [5.41, 5.74) is 4.48. The van der Waals surface area contributed by atoms with Gasteiger partial charge in [0.05, 0.1) is 22.8 Å². The molecule has 3 rings (SSSR count). The number of carbonyl (C=O) groups excluding carboxylic acids is 1. The number of thiazole rings is 1. The molecule has 0 radical (unpaired) electrons. The van der Waals surface area contributed by atoms with Crippen molar-refractivity contribution in [2.45, 2.75) is 41.2 Å². The average molecular weight is 399 g/mol. The van der Waals surface area contributed by atoms with Crippen LogP contribution in [0.5, 0.6) is 0 Å². The van der Waals surface area contributed by atoms with Crippen molar-refractivity contribution in [3.05, 3.63) is 61.9 Å². The Bertz CT molecular complexity index is 1070. The van der Waals surface area contributed by atoms with Gasteiger partial charge < -0.3 is 0 Å². The molecule has 8 nitrogen and oxygen atoms in total. The molecule has 2 heterocycles. The number of hydrogen-bond donors (Lipinski definition) is 0. The number of anilines is 2. The molecule has 0 bridgehead atoms. The zero-order valence-electron chi connectivity index (χ0n) is 16.4. The van der Waals surface area contributed by atoms with Gasteiger partial charge in [0.2, 0.25) is 5.91 Å². The summed E-state index contributed by atoms with van der Waals surface area (Å²) in [7, 11) is 0. The zero-order valence-corrected chi connectivity index (χ0v) is 17.2. The molecule has 0 saturated heterocycles. The van der Waals surface area contributed by atoms with Crippen LogP contribution in [0.1, 0.15) is 35.1 Å². The average Bonchev–Trinajstić information content (AvgIpc) is 3.16. The zero-order chi connectivity index (χ0) is 20.6. The molecule has 0 aliphatic rings. The summed E-state index contributed by atoms with van der Waals surface area (Å²) in [6.07, 6.45) is 0. The first-order chi connectivity index (χ1) is 13.2. The highest BCUT2D eigenvalue weighted by molar-refractivity contribution is 7.14. The summed E-state index contributed by atoms with van der Waals surface area (Å²) >= 11 is 1.36. The van der Waals surface area contributed by atoms with Gasteiger partial charge in [0.1, 0.15) is 11.4 Å². The van der Waals surface area contributed by atoms with Gasteiger partial charge in [-0.2, -0.15) is 5.10 Å². The molecule has 1 amide bonds. The van der Waals surface area contributed by atoms with Crippen molar-refractivity contribution in [3.63, 3.8) is 0 Å². The number of aromatic nitrogens is 3. The van der Waals surface area contributed by atoms with Gasteiger partial charge in [-0.15, -0.1) is 11.3 Å². The SMILES string of the molecule is CC(=O)N(c1nc(Cn2nc(C)c([N+](=O)[O-])c2C)cs1)c1cccc(C)c1C. The summed E-state index contributed by atoms with van der Waals surface area (Å²) in [5.74, 6) is -0.128. The fourth-order valence-electron chi connectivity index (χ4n) is 3.12. The van der Waals surface area contributed by atoms with Gasteiger partial charge in [0, 0.05) is 12.3 Å². The second-order valence-corrected chi connectivity index (χ2v) is 7.47. The molecule has 28 heavy (non-hydrogen) atoms. The van der Waals surface area contributed by atoms with Gasteiger partial charge in [-0.3, -0.25) is 24.5 Å². The van der Waals surface area contributed by atoms with Gasteiger partial charge in [-0.05, 0) is 44.9 Å². The predicted molar refractivity (Wildman–Crippen MR) is 108 cm³/mol. The standard InChI is InChI=1S/C19H21N5O3S/c1-11-7-6-8-17(12(11)2)23(15(5)25)19-20-16(10-28-19)9-22-14(4)18(24(26)27)13(3)21-22/h6-8,10H,9H2,1-5H3. The van der Waals surface area contributed by atoms with Gasteiger partial charge in [-0.1, -0.05) is 12.1 Å². The van der Waals surface area contributed by atoms with Gasteiger partial charge in [-0.25, -0.2) is 4.98 Å². The number of aryl methyl sites for hydroxylation is 2. The van der Waals surface area contributed by atoms with Crippen LogP contribution in [0.2, 0.25) is 0 Å². The van der Waals surface area contributed by atoms with Crippen molar-refractivity contribution >= 4 is 33.8 Å². The Kier molecular flexibility index (Phi) is 5.28. The molecule has 1 aromatic carbocycles. The number of benzene rings is 1. The Morgan fingerprint density at radius 3 is 2.61 bits per heavy atom. The number of nitrogens with zero attached hydrogens (tertiary/aromatic N) is 5. The van der Waals surface area contributed by atoms with E-state index in [9.17, 15) is 14.9 Å². The Labute approximate surface area is 166 Å². The molecule has 3 aromatic rings.